The average Bonchev–Trinajstić information content (AvgIpc) is 2.43. The maximum atomic E-state index is 12.0. The van der Waals surface area contributed by atoms with E-state index in [0.717, 1.165) is 0 Å². The molecule has 0 aliphatic carbocycles. The van der Waals surface area contributed by atoms with Gasteiger partial charge in [-0.05, 0) is 24.6 Å². The molecule has 0 spiro atoms. The number of carbonyl (C=O) groups is 1. The third-order valence-electron chi connectivity index (χ3n) is 2.62. The smallest absolute Gasteiger partial charge is 0.255 e. The third kappa shape index (κ3) is 3.63. The standard InChI is InChI=1S/C13H19NO4/c1-4-9(15)8-14-13(16)11-7-10(17-2)5-6-12(11)18-3/h5-7,9,15H,4,8H2,1-3H3,(H,14,16). The summed E-state index contributed by atoms with van der Waals surface area (Å²) in [4.78, 5) is 12.0. The number of methoxy groups -OCH3 is 2. The summed E-state index contributed by atoms with van der Waals surface area (Å²) in [7, 11) is 3.03. The molecule has 0 saturated heterocycles. The number of aliphatic hydroxyl groups is 1. The zero-order valence-electron chi connectivity index (χ0n) is 10.9. The fourth-order valence-corrected chi connectivity index (χ4v) is 1.44. The first kappa shape index (κ1) is 14.3. The molecular weight excluding hydrogens is 234 g/mol. The molecule has 100 valence electrons. The largest absolute Gasteiger partial charge is 0.497 e. The van der Waals surface area contributed by atoms with E-state index in [1.807, 2.05) is 6.92 Å². The Hall–Kier alpha value is -1.75. The van der Waals surface area contributed by atoms with Crippen LogP contribution in [0.2, 0.25) is 0 Å². The lowest BCUT2D eigenvalue weighted by molar-refractivity contribution is 0.0910. The molecule has 0 aliphatic rings. The number of hydrogen-bond acceptors (Lipinski definition) is 4. The Morgan fingerprint density at radius 1 is 1.39 bits per heavy atom. The Balaban J connectivity index is 2.82. The SMILES string of the molecule is CCC(O)CNC(=O)c1cc(OC)ccc1OC. The van der Waals surface area contributed by atoms with E-state index >= 15 is 0 Å². The van der Waals surface area contributed by atoms with Crippen LogP contribution >= 0.6 is 0 Å². The zero-order valence-corrected chi connectivity index (χ0v) is 10.9. The molecule has 5 nitrogen and oxygen atoms in total. The summed E-state index contributed by atoms with van der Waals surface area (Å²) < 4.78 is 10.2. The Morgan fingerprint density at radius 2 is 2.11 bits per heavy atom. The second-order valence-corrected chi connectivity index (χ2v) is 3.84. The number of carbonyl (C=O) groups excluding carboxylic acids is 1. The molecular formula is C13H19NO4. The van der Waals surface area contributed by atoms with Gasteiger partial charge in [0.2, 0.25) is 0 Å². The van der Waals surface area contributed by atoms with Crippen LogP contribution in [0.5, 0.6) is 11.5 Å². The van der Waals surface area contributed by atoms with E-state index in [1.165, 1.54) is 14.2 Å². The molecule has 0 aromatic heterocycles. The van der Waals surface area contributed by atoms with Crippen molar-refractivity contribution in [3.8, 4) is 11.5 Å². The van der Waals surface area contributed by atoms with Crippen LogP contribution in [0.4, 0.5) is 0 Å². The van der Waals surface area contributed by atoms with Gasteiger partial charge in [0.05, 0.1) is 25.9 Å². The lowest BCUT2D eigenvalue weighted by atomic mass is 10.1. The fourth-order valence-electron chi connectivity index (χ4n) is 1.44. The van der Waals surface area contributed by atoms with Crippen LogP contribution in [0.1, 0.15) is 23.7 Å². The fraction of sp³-hybridized carbons (Fsp3) is 0.462. The van der Waals surface area contributed by atoms with E-state index in [1.54, 1.807) is 18.2 Å². The van der Waals surface area contributed by atoms with Crippen molar-refractivity contribution in [2.45, 2.75) is 19.4 Å². The molecule has 1 aromatic rings. The highest BCUT2D eigenvalue weighted by Crippen LogP contribution is 2.23. The highest BCUT2D eigenvalue weighted by Gasteiger charge is 2.14. The Morgan fingerprint density at radius 3 is 2.67 bits per heavy atom. The number of amides is 1. The minimum Gasteiger partial charge on any atom is -0.497 e. The summed E-state index contributed by atoms with van der Waals surface area (Å²) in [6, 6.07) is 4.99. The average molecular weight is 253 g/mol. The predicted molar refractivity (Wildman–Crippen MR) is 68.2 cm³/mol. The molecule has 0 bridgehead atoms. The van der Waals surface area contributed by atoms with E-state index in [4.69, 9.17) is 9.47 Å². The van der Waals surface area contributed by atoms with Crippen molar-refractivity contribution in [1.82, 2.24) is 5.32 Å². The van der Waals surface area contributed by atoms with Crippen LogP contribution < -0.4 is 14.8 Å². The first-order valence-corrected chi connectivity index (χ1v) is 5.80. The van der Waals surface area contributed by atoms with Crippen molar-refractivity contribution in [2.75, 3.05) is 20.8 Å². The molecule has 0 saturated carbocycles. The quantitative estimate of drug-likeness (QED) is 0.799. The number of nitrogens with one attached hydrogen (secondary N) is 1. The molecule has 18 heavy (non-hydrogen) atoms. The van der Waals surface area contributed by atoms with Gasteiger partial charge in [0.1, 0.15) is 11.5 Å². The van der Waals surface area contributed by atoms with Crippen LogP contribution in [0.15, 0.2) is 18.2 Å². The van der Waals surface area contributed by atoms with E-state index < -0.39 is 6.10 Å². The van der Waals surface area contributed by atoms with E-state index in [2.05, 4.69) is 5.32 Å². The van der Waals surface area contributed by atoms with Crippen molar-refractivity contribution >= 4 is 5.91 Å². The highest BCUT2D eigenvalue weighted by molar-refractivity contribution is 5.97. The first-order chi connectivity index (χ1) is 8.62. The Labute approximate surface area is 107 Å². The van der Waals surface area contributed by atoms with Crippen molar-refractivity contribution in [1.29, 1.82) is 0 Å². The maximum Gasteiger partial charge on any atom is 0.255 e. The van der Waals surface area contributed by atoms with Gasteiger partial charge in [-0.25, -0.2) is 0 Å². The molecule has 0 fully saturated rings. The second kappa shape index (κ2) is 6.86. The highest BCUT2D eigenvalue weighted by atomic mass is 16.5. The minimum absolute atomic E-state index is 0.218. The van der Waals surface area contributed by atoms with Crippen LogP contribution in [-0.4, -0.2) is 37.9 Å². The van der Waals surface area contributed by atoms with Crippen molar-refractivity contribution in [2.24, 2.45) is 0 Å². The normalized spacial score (nSPS) is 11.8. The monoisotopic (exact) mass is 253 g/mol. The number of hydrogen-bond donors (Lipinski definition) is 2. The minimum atomic E-state index is -0.537. The Kier molecular flexibility index (Phi) is 5.45. The molecule has 2 N–H and O–H groups in total. The topological polar surface area (TPSA) is 67.8 Å². The van der Waals surface area contributed by atoms with Crippen molar-refractivity contribution < 1.29 is 19.4 Å². The number of aliphatic hydroxyl groups excluding tert-OH is 1. The zero-order chi connectivity index (χ0) is 13.5. The number of ether oxygens (including phenoxy) is 2. The Bertz CT molecular complexity index is 406. The third-order valence-corrected chi connectivity index (χ3v) is 2.62. The molecule has 0 radical (unpaired) electrons. The maximum absolute atomic E-state index is 12.0. The molecule has 1 rings (SSSR count). The van der Waals surface area contributed by atoms with E-state index in [-0.39, 0.29) is 12.5 Å². The van der Waals surface area contributed by atoms with Crippen LogP contribution in [0.3, 0.4) is 0 Å². The molecule has 0 heterocycles. The molecule has 1 unspecified atom stereocenters. The molecule has 1 atom stereocenters. The van der Waals surface area contributed by atoms with Gasteiger partial charge in [-0.15, -0.1) is 0 Å². The summed E-state index contributed by atoms with van der Waals surface area (Å²) in [6.45, 7) is 2.07. The summed E-state index contributed by atoms with van der Waals surface area (Å²) in [5.41, 5.74) is 0.389. The predicted octanol–water partition coefficient (Wildman–Crippen LogP) is 1.20. The lowest BCUT2D eigenvalue weighted by Gasteiger charge is -2.12. The lowest BCUT2D eigenvalue weighted by Crippen LogP contribution is -2.31. The van der Waals surface area contributed by atoms with Gasteiger partial charge in [0.15, 0.2) is 0 Å². The number of benzene rings is 1. The molecule has 0 aliphatic heterocycles. The van der Waals surface area contributed by atoms with Gasteiger partial charge >= 0.3 is 0 Å². The van der Waals surface area contributed by atoms with E-state index in [0.29, 0.717) is 23.5 Å². The van der Waals surface area contributed by atoms with Gasteiger partial charge in [-0.3, -0.25) is 4.79 Å². The van der Waals surface area contributed by atoms with Crippen LogP contribution in [0.25, 0.3) is 0 Å². The molecule has 1 amide bonds. The number of rotatable bonds is 6. The van der Waals surface area contributed by atoms with Crippen molar-refractivity contribution in [3.63, 3.8) is 0 Å². The van der Waals surface area contributed by atoms with Gasteiger partial charge in [-0.1, -0.05) is 6.92 Å². The van der Waals surface area contributed by atoms with Crippen molar-refractivity contribution in [3.05, 3.63) is 23.8 Å². The van der Waals surface area contributed by atoms with Gasteiger partial charge in [0, 0.05) is 6.54 Å². The van der Waals surface area contributed by atoms with Gasteiger partial charge in [-0.2, -0.15) is 0 Å². The summed E-state index contributed by atoms with van der Waals surface area (Å²) in [5, 5.41) is 12.1. The summed E-state index contributed by atoms with van der Waals surface area (Å²) in [6.07, 6.45) is 0.0563. The summed E-state index contributed by atoms with van der Waals surface area (Å²) in [5.74, 6) is 0.759. The van der Waals surface area contributed by atoms with Gasteiger partial charge < -0.3 is 19.9 Å². The second-order valence-electron chi connectivity index (χ2n) is 3.84. The van der Waals surface area contributed by atoms with E-state index in [9.17, 15) is 9.90 Å². The summed E-state index contributed by atoms with van der Waals surface area (Å²) >= 11 is 0. The van der Waals surface area contributed by atoms with Gasteiger partial charge in [0.25, 0.3) is 5.91 Å². The van der Waals surface area contributed by atoms with Crippen LogP contribution in [-0.2, 0) is 0 Å². The van der Waals surface area contributed by atoms with Crippen LogP contribution in [0, 0.1) is 0 Å². The molecule has 1 aromatic carbocycles. The molecule has 5 heteroatoms. The first-order valence-electron chi connectivity index (χ1n) is 5.80.